The van der Waals surface area contributed by atoms with Crippen molar-refractivity contribution in [2.45, 2.75) is 52.7 Å². The van der Waals surface area contributed by atoms with Gasteiger partial charge in [-0.3, -0.25) is 4.90 Å². The molecule has 0 aliphatic heterocycles. The molecule has 0 bridgehead atoms. The Morgan fingerprint density at radius 2 is 1.73 bits per heavy atom. The highest BCUT2D eigenvalue weighted by Crippen LogP contribution is 2.37. The molecule has 4 rings (SSSR count). The van der Waals surface area contributed by atoms with Crippen LogP contribution in [0.4, 0.5) is 0 Å². The third-order valence-electron chi connectivity index (χ3n) is 6.46. The maximum atomic E-state index is 10.8. The van der Waals surface area contributed by atoms with E-state index < -0.39 is 6.10 Å². The van der Waals surface area contributed by atoms with Gasteiger partial charge in [0.15, 0.2) is 11.5 Å². The molecule has 1 aromatic heterocycles. The molecule has 0 amide bonds. The minimum atomic E-state index is -0.551. The second kappa shape index (κ2) is 13.1. The van der Waals surface area contributed by atoms with Crippen molar-refractivity contribution in [1.82, 2.24) is 14.7 Å². The Labute approximate surface area is 221 Å². The summed E-state index contributed by atoms with van der Waals surface area (Å²) in [5, 5.41) is 15.8. The standard InChI is InChI=1S/C30H41N3O4/c1-5-27-26(19-32(17-23-15-16-23)18-25(34)21-36-20-22(2)3)30(33(31-27)24-11-7-6-8-12-24)37-29-14-10-9-13-28(29)35-4/h6-14,22-23,25,34H,5,15-21H2,1-4H3. The molecular weight excluding hydrogens is 466 g/mol. The van der Waals surface area contributed by atoms with E-state index in [-0.39, 0.29) is 0 Å². The van der Waals surface area contributed by atoms with Crippen LogP contribution in [0.5, 0.6) is 17.4 Å². The Hall–Kier alpha value is -2.87. The molecule has 37 heavy (non-hydrogen) atoms. The van der Waals surface area contributed by atoms with Crippen LogP contribution in [0.15, 0.2) is 54.6 Å². The third kappa shape index (κ3) is 7.57. The van der Waals surface area contributed by atoms with Crippen LogP contribution in [0.3, 0.4) is 0 Å². The van der Waals surface area contributed by atoms with Gasteiger partial charge in [0.05, 0.1) is 36.8 Å². The van der Waals surface area contributed by atoms with Gasteiger partial charge in [-0.2, -0.15) is 5.10 Å². The van der Waals surface area contributed by atoms with Crippen molar-refractivity contribution in [2.75, 3.05) is 33.4 Å². The monoisotopic (exact) mass is 507 g/mol. The summed E-state index contributed by atoms with van der Waals surface area (Å²) in [4.78, 5) is 2.33. The van der Waals surface area contributed by atoms with Crippen LogP contribution in [0, 0.1) is 11.8 Å². The lowest BCUT2D eigenvalue weighted by Gasteiger charge is -2.26. The van der Waals surface area contributed by atoms with E-state index in [9.17, 15) is 5.11 Å². The van der Waals surface area contributed by atoms with E-state index in [4.69, 9.17) is 19.3 Å². The van der Waals surface area contributed by atoms with Crippen LogP contribution >= 0.6 is 0 Å². The molecule has 1 saturated carbocycles. The van der Waals surface area contributed by atoms with Crippen molar-refractivity contribution in [2.24, 2.45) is 11.8 Å². The normalized spacial score (nSPS) is 14.4. The fourth-order valence-electron chi connectivity index (χ4n) is 4.46. The number of methoxy groups -OCH3 is 1. The number of rotatable bonds is 15. The van der Waals surface area contributed by atoms with Gasteiger partial charge in [0.1, 0.15) is 0 Å². The molecule has 1 aliphatic rings. The number of ether oxygens (including phenoxy) is 3. The van der Waals surface area contributed by atoms with E-state index in [0.29, 0.717) is 55.5 Å². The molecule has 1 atom stereocenters. The van der Waals surface area contributed by atoms with Gasteiger partial charge in [-0.1, -0.05) is 51.1 Å². The Morgan fingerprint density at radius 1 is 1.03 bits per heavy atom. The first-order chi connectivity index (χ1) is 18.0. The smallest absolute Gasteiger partial charge is 0.227 e. The molecule has 1 N–H and O–H groups in total. The predicted molar refractivity (Wildman–Crippen MR) is 146 cm³/mol. The molecule has 1 heterocycles. The molecule has 0 saturated heterocycles. The average Bonchev–Trinajstić information content (AvgIpc) is 3.65. The molecule has 7 nitrogen and oxygen atoms in total. The first-order valence-electron chi connectivity index (χ1n) is 13.4. The lowest BCUT2D eigenvalue weighted by atomic mass is 10.1. The molecule has 0 radical (unpaired) electrons. The van der Waals surface area contributed by atoms with Crippen LogP contribution < -0.4 is 9.47 Å². The number of hydrogen-bond donors (Lipinski definition) is 1. The van der Waals surface area contributed by atoms with Crippen molar-refractivity contribution >= 4 is 0 Å². The van der Waals surface area contributed by atoms with Gasteiger partial charge < -0.3 is 19.3 Å². The van der Waals surface area contributed by atoms with Crippen LogP contribution in [0.2, 0.25) is 0 Å². The highest BCUT2D eigenvalue weighted by atomic mass is 16.5. The Balaban J connectivity index is 1.66. The van der Waals surface area contributed by atoms with E-state index in [1.807, 2.05) is 59.3 Å². The summed E-state index contributed by atoms with van der Waals surface area (Å²) in [6.07, 6.45) is 2.70. The molecule has 1 unspecified atom stereocenters. The van der Waals surface area contributed by atoms with Crippen LogP contribution in [0.1, 0.15) is 44.9 Å². The third-order valence-corrected chi connectivity index (χ3v) is 6.46. The molecule has 7 heteroatoms. The van der Waals surface area contributed by atoms with Gasteiger partial charge in [0.2, 0.25) is 5.88 Å². The lowest BCUT2D eigenvalue weighted by Crippen LogP contribution is -2.36. The number of nitrogens with zero attached hydrogens (tertiary/aromatic N) is 3. The number of aliphatic hydroxyl groups is 1. The summed E-state index contributed by atoms with van der Waals surface area (Å²) in [7, 11) is 1.65. The van der Waals surface area contributed by atoms with Crippen molar-refractivity contribution in [3.8, 4) is 23.1 Å². The summed E-state index contributed by atoms with van der Waals surface area (Å²) in [5.41, 5.74) is 2.96. The summed E-state index contributed by atoms with van der Waals surface area (Å²) in [5.74, 6) is 3.11. The number of benzene rings is 2. The highest BCUT2D eigenvalue weighted by Gasteiger charge is 2.29. The minimum Gasteiger partial charge on any atom is -0.493 e. The summed E-state index contributed by atoms with van der Waals surface area (Å²) >= 11 is 0. The maximum Gasteiger partial charge on any atom is 0.227 e. The fraction of sp³-hybridized carbons (Fsp3) is 0.500. The lowest BCUT2D eigenvalue weighted by molar-refractivity contribution is 0.00608. The summed E-state index contributed by atoms with van der Waals surface area (Å²) in [6.45, 7) is 9.47. The average molecular weight is 508 g/mol. The van der Waals surface area contributed by atoms with E-state index in [2.05, 4.69) is 25.7 Å². The second-order valence-corrected chi connectivity index (χ2v) is 10.3. The Morgan fingerprint density at radius 3 is 2.38 bits per heavy atom. The minimum absolute atomic E-state index is 0.341. The largest absolute Gasteiger partial charge is 0.493 e. The van der Waals surface area contributed by atoms with Gasteiger partial charge in [0.25, 0.3) is 0 Å². The first kappa shape index (κ1) is 27.2. The van der Waals surface area contributed by atoms with Crippen LogP contribution in [-0.2, 0) is 17.7 Å². The number of aliphatic hydroxyl groups excluding tert-OH is 1. The molecule has 0 spiro atoms. The van der Waals surface area contributed by atoms with E-state index in [1.54, 1.807) is 7.11 Å². The number of aryl methyl sites for hydroxylation is 1. The maximum absolute atomic E-state index is 10.8. The van der Waals surface area contributed by atoms with Crippen molar-refractivity contribution in [3.63, 3.8) is 0 Å². The van der Waals surface area contributed by atoms with E-state index >= 15 is 0 Å². The quantitative estimate of drug-likeness (QED) is 0.294. The highest BCUT2D eigenvalue weighted by molar-refractivity contribution is 5.47. The van der Waals surface area contributed by atoms with Crippen LogP contribution in [-0.4, -0.2) is 59.3 Å². The predicted octanol–water partition coefficient (Wildman–Crippen LogP) is 5.48. The van der Waals surface area contributed by atoms with Gasteiger partial charge >= 0.3 is 0 Å². The molecule has 1 fully saturated rings. The van der Waals surface area contributed by atoms with Gasteiger partial charge in [-0.25, -0.2) is 4.68 Å². The van der Waals surface area contributed by atoms with Crippen molar-refractivity contribution < 1.29 is 19.3 Å². The van der Waals surface area contributed by atoms with Crippen molar-refractivity contribution in [3.05, 3.63) is 65.9 Å². The first-order valence-corrected chi connectivity index (χ1v) is 13.4. The van der Waals surface area contributed by atoms with Gasteiger partial charge in [0, 0.05) is 26.2 Å². The van der Waals surface area contributed by atoms with Crippen LogP contribution in [0.25, 0.3) is 5.69 Å². The zero-order chi connectivity index (χ0) is 26.2. The van der Waals surface area contributed by atoms with Gasteiger partial charge in [-0.15, -0.1) is 0 Å². The fourth-order valence-corrected chi connectivity index (χ4v) is 4.46. The number of aromatic nitrogens is 2. The molecule has 200 valence electrons. The second-order valence-electron chi connectivity index (χ2n) is 10.3. The Kier molecular flexibility index (Phi) is 9.61. The summed E-state index contributed by atoms with van der Waals surface area (Å²) < 4.78 is 19.8. The van der Waals surface area contributed by atoms with Crippen molar-refractivity contribution in [1.29, 1.82) is 0 Å². The van der Waals surface area contributed by atoms with E-state index in [0.717, 1.165) is 29.9 Å². The zero-order valence-corrected chi connectivity index (χ0v) is 22.6. The topological polar surface area (TPSA) is 69.0 Å². The number of hydrogen-bond acceptors (Lipinski definition) is 6. The molecule has 2 aromatic carbocycles. The summed E-state index contributed by atoms with van der Waals surface area (Å²) in [6, 6.07) is 17.7. The molecular formula is C30H41N3O4. The number of para-hydroxylation sites is 3. The Bertz CT molecular complexity index is 1110. The molecule has 3 aromatic rings. The zero-order valence-electron chi connectivity index (χ0n) is 22.6. The SMILES string of the molecule is CCc1nn(-c2ccccc2)c(Oc2ccccc2OC)c1CN(CC(O)COCC(C)C)CC1CC1. The van der Waals surface area contributed by atoms with Gasteiger partial charge in [-0.05, 0) is 55.4 Å². The molecule has 1 aliphatic carbocycles. The van der Waals surface area contributed by atoms with E-state index in [1.165, 1.54) is 12.8 Å².